The van der Waals surface area contributed by atoms with Crippen LogP contribution in [0.3, 0.4) is 0 Å². The normalized spacial score (nSPS) is 11.8. The standard InChI is InChI=1S/C32H42O7.C19H16O2.C11H20O5.Al.B.HN/c1-22(2)30(32(34)38-19-18-37-17-16-36-15-14-35-5)23(3)24(4)31(33)39-21-29-27-12-8-6-10-25(27)20-26-11-7-9-13-28(26)29;1-13(2)19(20)21-12-18-16-9-5-3-7-14(16)11-15-8-4-6-10-17(15)18;1-10(2)11(12)16-9-8-15-7-6-14-5-4-13-3;;;/h6-13,20,22-24,30H,14-19,21H2,1-5H3;3-11H,1,12H2,2H3;1,4-9H2,2-3H3;;;1H. The van der Waals surface area contributed by atoms with E-state index in [0.29, 0.717) is 70.6 Å². The quantitative estimate of drug-likeness (QED) is 0.0117. The summed E-state index contributed by atoms with van der Waals surface area (Å²) in [6.45, 7) is 23.6. The molecular formula is C62H79AlBNO14. The van der Waals surface area contributed by atoms with E-state index < -0.39 is 11.8 Å². The number of methoxy groups -OCH3 is 2. The molecular weight excluding hydrogens is 1020 g/mol. The van der Waals surface area contributed by atoms with E-state index in [1.54, 1.807) is 44.2 Å². The number of carbonyl (C=O) groups is 4. The fraction of sp³-hybridized carbons (Fsp3) is 0.419. The van der Waals surface area contributed by atoms with E-state index in [9.17, 15) is 19.2 Å². The fourth-order valence-corrected chi connectivity index (χ4v) is 8.22. The zero-order chi connectivity index (χ0) is 57.2. The molecule has 0 saturated carbocycles. The average Bonchev–Trinajstić information content (AvgIpc) is 3.49. The van der Waals surface area contributed by atoms with Crippen molar-refractivity contribution in [3.05, 3.63) is 145 Å². The number of carbonyl (C=O) groups excluding carboxylic acids is 4. The number of benzene rings is 6. The molecule has 0 aliphatic carbocycles. The second-order valence-electron chi connectivity index (χ2n) is 18.5. The van der Waals surface area contributed by atoms with Crippen LogP contribution in [0.15, 0.2) is 133 Å². The van der Waals surface area contributed by atoms with Gasteiger partial charge in [-0.25, -0.2) is 9.59 Å². The Labute approximate surface area is 476 Å². The number of hydrogen-bond donors (Lipinski definition) is 1. The molecule has 0 heterocycles. The Balaban J connectivity index is 0.000000446. The van der Waals surface area contributed by atoms with Crippen molar-refractivity contribution in [3.8, 4) is 0 Å². The predicted molar refractivity (Wildman–Crippen MR) is 312 cm³/mol. The van der Waals surface area contributed by atoms with Crippen LogP contribution < -0.4 is 0 Å². The van der Waals surface area contributed by atoms with Gasteiger partial charge in [-0.05, 0) is 80.9 Å². The Morgan fingerprint density at radius 3 is 1.13 bits per heavy atom. The first-order chi connectivity index (χ1) is 37.7. The molecule has 0 amide bonds. The van der Waals surface area contributed by atoms with Gasteiger partial charge in [-0.15, -0.1) is 0 Å². The first-order valence-corrected chi connectivity index (χ1v) is 26.6. The summed E-state index contributed by atoms with van der Waals surface area (Å²) in [5.74, 6) is -2.57. The maximum atomic E-state index is 13.2. The van der Waals surface area contributed by atoms with E-state index in [2.05, 4.69) is 73.8 Å². The molecule has 6 aromatic carbocycles. The SMILES string of the molecule is C=C(C)C(=O)OCCOCCOCCOC.C=C(C)C(=O)OCc1c2ccccc2cc2ccccc12.COCCOCCOCCOC(=O)C(C(C)C)C(C)C(C)C(=O)OCc1c2ccccc2cc2ccccc12.[B].[NH]=[Al]. The summed E-state index contributed by atoms with van der Waals surface area (Å²) in [6, 6.07) is 36.9. The van der Waals surface area contributed by atoms with Gasteiger partial charge in [-0.1, -0.05) is 138 Å². The molecule has 0 bridgehead atoms. The Morgan fingerprint density at radius 2 is 0.772 bits per heavy atom. The summed E-state index contributed by atoms with van der Waals surface area (Å²) in [6.07, 6.45) is 0. The Hall–Kier alpha value is -6.12. The summed E-state index contributed by atoms with van der Waals surface area (Å²) in [5, 5.41) is 8.88. The third-order valence-electron chi connectivity index (χ3n) is 12.4. The molecule has 0 aliphatic rings. The monoisotopic (exact) mass is 1100 g/mol. The third kappa shape index (κ3) is 23.6. The molecule has 0 aromatic heterocycles. The van der Waals surface area contributed by atoms with Gasteiger partial charge in [-0.3, -0.25) is 9.59 Å². The number of rotatable bonds is 29. The molecule has 17 heteroatoms. The van der Waals surface area contributed by atoms with Gasteiger partial charge in [-0.2, -0.15) is 0 Å². The van der Waals surface area contributed by atoms with Crippen molar-refractivity contribution in [2.24, 2.45) is 23.7 Å². The molecule has 0 fully saturated rings. The minimum absolute atomic E-state index is 0. The Morgan fingerprint density at radius 1 is 0.456 bits per heavy atom. The van der Waals surface area contributed by atoms with Crippen LogP contribution in [-0.2, 0) is 79.8 Å². The van der Waals surface area contributed by atoms with Crippen molar-refractivity contribution in [2.45, 2.75) is 54.8 Å². The molecule has 0 saturated heterocycles. The molecule has 422 valence electrons. The van der Waals surface area contributed by atoms with Gasteiger partial charge in [0, 0.05) is 44.9 Å². The van der Waals surface area contributed by atoms with Gasteiger partial charge in [0.15, 0.2) is 0 Å². The van der Waals surface area contributed by atoms with E-state index in [0.717, 1.165) is 54.2 Å². The number of hydrogen-bond acceptors (Lipinski definition) is 15. The molecule has 4 radical (unpaired) electrons. The Kier molecular flexibility index (Phi) is 34.3. The van der Waals surface area contributed by atoms with Crippen molar-refractivity contribution < 1.29 is 66.5 Å². The maximum absolute atomic E-state index is 13.2. The number of fused-ring (bicyclic) bond motifs is 4. The fourth-order valence-electron chi connectivity index (χ4n) is 8.22. The summed E-state index contributed by atoms with van der Waals surface area (Å²) in [5.41, 5.74) is 2.83. The molecule has 6 rings (SSSR count). The van der Waals surface area contributed by atoms with Gasteiger partial charge in [0.2, 0.25) is 0 Å². The van der Waals surface area contributed by atoms with E-state index in [1.165, 1.54) is 0 Å². The zero-order valence-electron chi connectivity index (χ0n) is 47.4. The minimum atomic E-state index is -0.480. The average molecular weight is 1100 g/mol. The number of nitrogens with one attached hydrogen (secondary N) is 1. The molecule has 3 unspecified atom stereocenters. The van der Waals surface area contributed by atoms with Crippen LogP contribution in [0.2, 0.25) is 0 Å². The summed E-state index contributed by atoms with van der Waals surface area (Å²) in [4.78, 5) is 48.8. The van der Waals surface area contributed by atoms with Crippen molar-refractivity contribution >= 4 is 91.5 Å². The van der Waals surface area contributed by atoms with E-state index >= 15 is 0 Å². The van der Waals surface area contributed by atoms with Gasteiger partial charge < -0.3 is 47.4 Å². The van der Waals surface area contributed by atoms with Crippen molar-refractivity contribution in [1.29, 1.82) is 4.35 Å². The second kappa shape index (κ2) is 39.3. The number of esters is 4. The third-order valence-corrected chi connectivity index (χ3v) is 12.4. The first-order valence-electron chi connectivity index (χ1n) is 26.0. The van der Waals surface area contributed by atoms with E-state index in [-0.39, 0.29) is 77.2 Å². The van der Waals surface area contributed by atoms with Crippen molar-refractivity contribution in [1.82, 2.24) is 0 Å². The van der Waals surface area contributed by atoms with E-state index in [4.69, 9.17) is 51.7 Å². The molecule has 1 N–H and O–H groups in total. The number of ether oxygens (including phenoxy) is 10. The molecule has 0 spiro atoms. The summed E-state index contributed by atoms with van der Waals surface area (Å²) < 4.78 is 58.1. The van der Waals surface area contributed by atoms with Gasteiger partial charge in [0.1, 0.15) is 26.4 Å². The molecule has 6 aromatic rings. The van der Waals surface area contributed by atoms with Gasteiger partial charge >= 0.3 is 44.3 Å². The molecule has 79 heavy (non-hydrogen) atoms. The topological polar surface area (TPSA) is 184 Å². The van der Waals surface area contributed by atoms with Crippen LogP contribution in [0.25, 0.3) is 43.1 Å². The van der Waals surface area contributed by atoms with Crippen LogP contribution in [0, 0.1) is 28.0 Å². The van der Waals surface area contributed by atoms with Crippen LogP contribution >= 0.6 is 0 Å². The van der Waals surface area contributed by atoms with E-state index in [1.807, 2.05) is 76.2 Å². The van der Waals surface area contributed by atoms with Crippen LogP contribution in [0.4, 0.5) is 0 Å². The van der Waals surface area contributed by atoms with Crippen molar-refractivity contribution in [3.63, 3.8) is 0 Å². The van der Waals surface area contributed by atoms with Crippen LogP contribution in [-0.4, -0.2) is 142 Å². The second-order valence-corrected chi connectivity index (χ2v) is 18.5. The molecule has 3 atom stereocenters. The van der Waals surface area contributed by atoms with Gasteiger partial charge in [0.05, 0.1) is 77.9 Å². The zero-order valence-corrected chi connectivity index (χ0v) is 48.5. The van der Waals surface area contributed by atoms with Gasteiger partial charge in [0.25, 0.3) is 0 Å². The Bertz CT molecular complexity index is 2720. The first kappa shape index (κ1) is 69.0. The van der Waals surface area contributed by atoms with Crippen LogP contribution in [0.1, 0.15) is 52.7 Å². The van der Waals surface area contributed by atoms with Crippen molar-refractivity contribution in [2.75, 3.05) is 93.5 Å². The summed E-state index contributed by atoms with van der Waals surface area (Å²) >= 11 is 1.67. The summed E-state index contributed by atoms with van der Waals surface area (Å²) in [7, 11) is 3.24. The van der Waals surface area contributed by atoms with Crippen LogP contribution in [0.5, 0.6) is 0 Å². The molecule has 0 aliphatic heterocycles. The predicted octanol–water partition coefficient (Wildman–Crippen LogP) is 10.7. The molecule has 15 nitrogen and oxygen atoms in total.